The molecule has 2 saturated carbocycles. The molecule has 0 N–H and O–H groups in total. The van der Waals surface area contributed by atoms with E-state index in [2.05, 4.69) is 22.9 Å². The molecule has 2 fully saturated rings. The summed E-state index contributed by atoms with van der Waals surface area (Å²) in [6, 6.07) is 0. The van der Waals surface area contributed by atoms with Gasteiger partial charge in [-0.05, 0) is 44.4 Å². The number of ether oxygens (including phenoxy) is 1. The first-order valence-electron chi connectivity index (χ1n) is 6.42. The molecular formula is C13H23BrO. The first-order valence-corrected chi connectivity index (χ1v) is 7.54. The topological polar surface area (TPSA) is 9.23 Å². The average Bonchev–Trinajstić information content (AvgIpc) is 2.20. The smallest absolute Gasteiger partial charge is 0.0575 e. The van der Waals surface area contributed by atoms with Gasteiger partial charge in [-0.3, -0.25) is 0 Å². The van der Waals surface area contributed by atoms with Crippen LogP contribution in [0.1, 0.15) is 51.9 Å². The summed E-state index contributed by atoms with van der Waals surface area (Å²) < 4.78 is 6.10. The number of hydrogen-bond donors (Lipinski definition) is 0. The van der Waals surface area contributed by atoms with E-state index >= 15 is 0 Å². The number of rotatable bonds is 4. The molecule has 0 atom stereocenters. The molecule has 0 unspecified atom stereocenters. The van der Waals surface area contributed by atoms with Gasteiger partial charge in [0.1, 0.15) is 0 Å². The summed E-state index contributed by atoms with van der Waals surface area (Å²) in [6.45, 7) is 3.36. The second-order valence-corrected chi connectivity index (χ2v) is 6.24. The van der Waals surface area contributed by atoms with Crippen molar-refractivity contribution in [1.82, 2.24) is 0 Å². The van der Waals surface area contributed by atoms with Crippen LogP contribution in [0.3, 0.4) is 0 Å². The maximum Gasteiger partial charge on any atom is 0.0575 e. The lowest BCUT2D eigenvalue weighted by molar-refractivity contribution is -0.0487. The lowest BCUT2D eigenvalue weighted by atomic mass is 9.71. The Morgan fingerprint density at radius 1 is 1.20 bits per heavy atom. The zero-order valence-corrected chi connectivity index (χ0v) is 11.4. The molecule has 1 nitrogen and oxygen atoms in total. The van der Waals surface area contributed by atoms with E-state index < -0.39 is 0 Å². The van der Waals surface area contributed by atoms with Gasteiger partial charge < -0.3 is 4.74 Å². The van der Waals surface area contributed by atoms with Crippen LogP contribution >= 0.6 is 15.9 Å². The fourth-order valence-corrected chi connectivity index (χ4v) is 3.41. The molecule has 15 heavy (non-hydrogen) atoms. The van der Waals surface area contributed by atoms with E-state index in [9.17, 15) is 0 Å². The minimum absolute atomic E-state index is 0.503. The molecule has 0 heterocycles. The molecule has 2 aliphatic rings. The second-order valence-electron chi connectivity index (χ2n) is 5.68. The normalized spacial score (nSPS) is 34.8. The van der Waals surface area contributed by atoms with Crippen LogP contribution in [0.25, 0.3) is 0 Å². The van der Waals surface area contributed by atoms with Crippen molar-refractivity contribution in [2.75, 3.05) is 11.9 Å². The third-order valence-corrected chi connectivity index (χ3v) is 5.48. The Kier molecular flexibility index (Phi) is 4.11. The van der Waals surface area contributed by atoms with Crippen molar-refractivity contribution < 1.29 is 4.74 Å². The van der Waals surface area contributed by atoms with Gasteiger partial charge in [0.2, 0.25) is 0 Å². The third kappa shape index (κ3) is 2.97. The van der Waals surface area contributed by atoms with Gasteiger partial charge in [-0.25, -0.2) is 0 Å². The Bertz CT molecular complexity index is 187. The summed E-state index contributed by atoms with van der Waals surface area (Å²) in [7, 11) is 0. The Hall–Kier alpha value is 0.440. The van der Waals surface area contributed by atoms with E-state index in [0.717, 1.165) is 17.9 Å². The molecular weight excluding hydrogens is 252 g/mol. The van der Waals surface area contributed by atoms with Gasteiger partial charge in [0.25, 0.3) is 0 Å². The molecule has 2 rings (SSSR count). The van der Waals surface area contributed by atoms with Crippen LogP contribution in [0, 0.1) is 11.3 Å². The molecule has 2 aliphatic carbocycles. The van der Waals surface area contributed by atoms with Crippen LogP contribution in [0.15, 0.2) is 0 Å². The van der Waals surface area contributed by atoms with Gasteiger partial charge in [-0.1, -0.05) is 29.3 Å². The number of halogens is 1. The van der Waals surface area contributed by atoms with Gasteiger partial charge in [-0.15, -0.1) is 0 Å². The monoisotopic (exact) mass is 274 g/mol. The van der Waals surface area contributed by atoms with E-state index in [1.165, 1.54) is 44.9 Å². The van der Waals surface area contributed by atoms with Gasteiger partial charge in [0, 0.05) is 10.7 Å². The van der Waals surface area contributed by atoms with Gasteiger partial charge in [-0.2, -0.15) is 0 Å². The fraction of sp³-hybridized carbons (Fsp3) is 1.00. The Balaban J connectivity index is 1.69. The summed E-state index contributed by atoms with van der Waals surface area (Å²) in [4.78, 5) is 0. The molecule has 0 amide bonds. The zero-order valence-electron chi connectivity index (χ0n) is 9.80. The van der Waals surface area contributed by atoms with Crippen LogP contribution < -0.4 is 0 Å². The van der Waals surface area contributed by atoms with Crippen LogP contribution in [0.5, 0.6) is 0 Å². The molecule has 0 aromatic heterocycles. The summed E-state index contributed by atoms with van der Waals surface area (Å²) in [5.74, 6) is 0.929. The van der Waals surface area contributed by atoms with Crippen molar-refractivity contribution in [3.8, 4) is 0 Å². The van der Waals surface area contributed by atoms with Crippen LogP contribution in [0.4, 0.5) is 0 Å². The van der Waals surface area contributed by atoms with Gasteiger partial charge in [0.15, 0.2) is 0 Å². The van der Waals surface area contributed by atoms with Crippen molar-refractivity contribution in [2.45, 2.75) is 58.0 Å². The minimum atomic E-state index is 0.503. The maximum absolute atomic E-state index is 6.10. The van der Waals surface area contributed by atoms with Gasteiger partial charge >= 0.3 is 0 Å². The molecule has 0 spiro atoms. The van der Waals surface area contributed by atoms with Crippen LogP contribution in [-0.4, -0.2) is 18.0 Å². The highest BCUT2D eigenvalue weighted by Crippen LogP contribution is 2.43. The van der Waals surface area contributed by atoms with Crippen LogP contribution in [0.2, 0.25) is 0 Å². The van der Waals surface area contributed by atoms with Crippen molar-refractivity contribution in [3.05, 3.63) is 0 Å². The molecule has 88 valence electrons. The quantitative estimate of drug-likeness (QED) is 0.700. The lowest BCUT2D eigenvalue weighted by Crippen LogP contribution is -2.38. The summed E-state index contributed by atoms with van der Waals surface area (Å²) >= 11 is 3.64. The third-order valence-electron chi connectivity index (χ3n) is 4.29. The number of alkyl halides is 1. The number of hydrogen-bond acceptors (Lipinski definition) is 1. The van der Waals surface area contributed by atoms with Crippen molar-refractivity contribution >= 4 is 15.9 Å². The minimum Gasteiger partial charge on any atom is -0.378 e. The zero-order chi connectivity index (χ0) is 10.7. The highest BCUT2D eigenvalue weighted by molar-refractivity contribution is 9.09. The van der Waals surface area contributed by atoms with E-state index in [0.29, 0.717) is 11.5 Å². The second kappa shape index (κ2) is 5.18. The average molecular weight is 275 g/mol. The van der Waals surface area contributed by atoms with E-state index in [4.69, 9.17) is 4.74 Å². The SMILES string of the molecule is CC1CCC(OCC2(CBr)CCC2)CC1. The molecule has 0 saturated heterocycles. The predicted molar refractivity (Wildman–Crippen MR) is 67.5 cm³/mol. The van der Waals surface area contributed by atoms with Crippen molar-refractivity contribution in [2.24, 2.45) is 11.3 Å². The molecule has 0 radical (unpaired) electrons. The van der Waals surface area contributed by atoms with Crippen LogP contribution in [-0.2, 0) is 4.74 Å². The largest absolute Gasteiger partial charge is 0.378 e. The standard InChI is InChI=1S/C13H23BrO/c1-11-3-5-12(6-4-11)15-10-13(9-14)7-2-8-13/h11-12H,2-10H2,1H3. The Morgan fingerprint density at radius 2 is 1.87 bits per heavy atom. The highest BCUT2D eigenvalue weighted by Gasteiger charge is 2.37. The molecule has 2 heteroatoms. The molecule has 0 aromatic rings. The lowest BCUT2D eigenvalue weighted by Gasteiger charge is -2.41. The fourth-order valence-electron chi connectivity index (χ4n) is 2.68. The summed E-state index contributed by atoms with van der Waals surface area (Å²) in [5, 5.41) is 1.13. The summed E-state index contributed by atoms with van der Waals surface area (Å²) in [5.41, 5.74) is 0.503. The van der Waals surface area contributed by atoms with E-state index in [1.54, 1.807) is 0 Å². The molecule has 0 aliphatic heterocycles. The van der Waals surface area contributed by atoms with Crippen molar-refractivity contribution in [3.63, 3.8) is 0 Å². The van der Waals surface area contributed by atoms with E-state index in [1.807, 2.05) is 0 Å². The highest BCUT2D eigenvalue weighted by atomic mass is 79.9. The Labute approximate surface area is 102 Å². The molecule has 0 aromatic carbocycles. The predicted octanol–water partition coefficient (Wildman–Crippen LogP) is 4.15. The first kappa shape index (κ1) is 11.9. The molecule has 0 bridgehead atoms. The van der Waals surface area contributed by atoms with Crippen molar-refractivity contribution in [1.29, 1.82) is 0 Å². The van der Waals surface area contributed by atoms with E-state index in [-0.39, 0.29) is 0 Å². The maximum atomic E-state index is 6.10. The Morgan fingerprint density at radius 3 is 2.33 bits per heavy atom. The van der Waals surface area contributed by atoms with Gasteiger partial charge in [0.05, 0.1) is 12.7 Å². The summed E-state index contributed by atoms with van der Waals surface area (Å²) in [6.07, 6.45) is 10.0. The first-order chi connectivity index (χ1) is 7.24.